The molecule has 0 unspecified atom stereocenters. The van der Waals surface area contributed by atoms with Gasteiger partial charge in [-0.25, -0.2) is 13.8 Å². The summed E-state index contributed by atoms with van der Waals surface area (Å²) in [7, 11) is 0. The van der Waals surface area contributed by atoms with Crippen LogP contribution in [0.3, 0.4) is 0 Å². The van der Waals surface area contributed by atoms with Gasteiger partial charge in [0.1, 0.15) is 24.0 Å². The quantitative estimate of drug-likeness (QED) is 0.507. The maximum absolute atomic E-state index is 15.0. The van der Waals surface area contributed by atoms with E-state index in [1.54, 1.807) is 6.07 Å². The number of oxazole rings is 1. The van der Waals surface area contributed by atoms with Gasteiger partial charge in [-0.1, -0.05) is 22.0 Å². The Kier molecular flexibility index (Phi) is 6.50. The number of nitrogens with zero attached hydrogens (tertiary/aromatic N) is 1. The van der Waals surface area contributed by atoms with Crippen molar-refractivity contribution in [3.05, 3.63) is 63.5 Å². The summed E-state index contributed by atoms with van der Waals surface area (Å²) in [6, 6.07) is 5.68. The van der Waals surface area contributed by atoms with Crippen molar-refractivity contribution in [1.82, 2.24) is 4.98 Å². The number of rotatable bonds is 8. The van der Waals surface area contributed by atoms with Crippen molar-refractivity contribution in [3.63, 3.8) is 0 Å². The van der Waals surface area contributed by atoms with E-state index in [0.717, 1.165) is 6.39 Å². The molecule has 0 bridgehead atoms. The van der Waals surface area contributed by atoms with Crippen molar-refractivity contribution in [2.75, 3.05) is 19.8 Å². The first-order valence-corrected chi connectivity index (χ1v) is 9.09. The number of Topliss-reactive ketones (excluding diaryl/α,β-unsaturated/α-hetero) is 1. The molecule has 2 aromatic carbocycles. The fourth-order valence-corrected chi connectivity index (χ4v) is 3.05. The van der Waals surface area contributed by atoms with Crippen molar-refractivity contribution in [1.29, 1.82) is 0 Å². The first-order valence-electron chi connectivity index (χ1n) is 8.29. The molecule has 0 aliphatic heterocycles. The lowest BCUT2D eigenvalue weighted by Gasteiger charge is -2.14. The molecule has 148 valence electrons. The summed E-state index contributed by atoms with van der Waals surface area (Å²) < 4.78 is 40.0. The Balaban J connectivity index is 2.00. The van der Waals surface area contributed by atoms with E-state index < -0.39 is 43.3 Å². The number of aromatic nitrogens is 1. The van der Waals surface area contributed by atoms with Gasteiger partial charge in [0, 0.05) is 22.0 Å². The Morgan fingerprint density at radius 1 is 1.25 bits per heavy atom. The Morgan fingerprint density at radius 2 is 2.00 bits per heavy atom. The zero-order valence-electron chi connectivity index (χ0n) is 14.5. The van der Waals surface area contributed by atoms with Crippen LogP contribution < -0.4 is 0 Å². The SMILES string of the molecule is O=C(COC(CO)CO)c1cc2ocnc2c(F)c1Cc1ccc(Br)cc1F. The van der Waals surface area contributed by atoms with Crippen LogP contribution in [0.15, 0.2) is 39.5 Å². The molecular formula is C19H16BrF2NO5. The van der Waals surface area contributed by atoms with E-state index in [-0.39, 0.29) is 34.2 Å². The number of fused-ring (bicyclic) bond motifs is 1. The number of aliphatic hydroxyl groups excluding tert-OH is 2. The Hall–Kier alpha value is -2.20. The first-order chi connectivity index (χ1) is 13.4. The summed E-state index contributed by atoms with van der Waals surface area (Å²) in [6.45, 7) is -1.45. The van der Waals surface area contributed by atoms with Crippen LogP contribution in [0, 0.1) is 11.6 Å². The van der Waals surface area contributed by atoms with E-state index in [0.29, 0.717) is 4.47 Å². The number of carbonyl (C=O) groups is 1. The summed E-state index contributed by atoms with van der Waals surface area (Å²) in [5.41, 5.74) is 0.123. The highest BCUT2D eigenvalue weighted by Gasteiger charge is 2.23. The van der Waals surface area contributed by atoms with Crippen LogP contribution in [0.1, 0.15) is 21.5 Å². The molecule has 0 aliphatic rings. The van der Waals surface area contributed by atoms with Crippen molar-refractivity contribution >= 4 is 32.8 Å². The molecule has 0 saturated carbocycles. The number of ketones is 1. The molecule has 0 saturated heterocycles. The van der Waals surface area contributed by atoms with Gasteiger partial charge < -0.3 is 19.4 Å². The summed E-state index contributed by atoms with van der Waals surface area (Å²) >= 11 is 3.16. The summed E-state index contributed by atoms with van der Waals surface area (Å²) in [4.78, 5) is 16.4. The molecule has 0 fully saturated rings. The topological polar surface area (TPSA) is 92.8 Å². The minimum absolute atomic E-state index is 0.0410. The molecule has 28 heavy (non-hydrogen) atoms. The largest absolute Gasteiger partial charge is 0.443 e. The summed E-state index contributed by atoms with van der Waals surface area (Å²) in [5, 5.41) is 18.1. The molecular weight excluding hydrogens is 440 g/mol. The number of benzene rings is 2. The standard InChI is InChI=1S/C19H16BrF2NO5/c20-11-2-1-10(15(21)4-11)3-14-13(16(26)8-27-12(6-24)7-25)5-17-19(18(14)22)23-9-28-17/h1-2,4-5,9,12,24-25H,3,6-8H2. The van der Waals surface area contributed by atoms with Gasteiger partial charge in [-0.3, -0.25) is 4.79 Å². The Morgan fingerprint density at radius 3 is 2.68 bits per heavy atom. The average molecular weight is 456 g/mol. The predicted molar refractivity (Wildman–Crippen MR) is 99.1 cm³/mol. The van der Waals surface area contributed by atoms with Crippen molar-refractivity contribution in [3.8, 4) is 0 Å². The number of carbonyl (C=O) groups excluding carboxylic acids is 1. The summed E-state index contributed by atoms with van der Waals surface area (Å²) in [5.74, 6) is -1.93. The van der Waals surface area contributed by atoms with Gasteiger partial charge in [0.05, 0.1) is 13.2 Å². The lowest BCUT2D eigenvalue weighted by atomic mass is 9.95. The zero-order chi connectivity index (χ0) is 20.3. The van der Waals surface area contributed by atoms with Crippen LogP contribution in [0.2, 0.25) is 0 Å². The maximum Gasteiger partial charge on any atom is 0.189 e. The van der Waals surface area contributed by atoms with Gasteiger partial charge in [0.15, 0.2) is 23.6 Å². The van der Waals surface area contributed by atoms with E-state index in [1.807, 2.05) is 0 Å². The van der Waals surface area contributed by atoms with E-state index >= 15 is 4.39 Å². The highest BCUT2D eigenvalue weighted by atomic mass is 79.9. The van der Waals surface area contributed by atoms with E-state index in [9.17, 15) is 9.18 Å². The number of ether oxygens (including phenoxy) is 1. The second kappa shape index (κ2) is 8.87. The lowest BCUT2D eigenvalue weighted by Crippen LogP contribution is -2.26. The highest BCUT2D eigenvalue weighted by Crippen LogP contribution is 2.28. The normalized spacial score (nSPS) is 11.5. The Labute approximate surface area is 166 Å². The van der Waals surface area contributed by atoms with Crippen LogP contribution >= 0.6 is 15.9 Å². The minimum atomic E-state index is -0.935. The van der Waals surface area contributed by atoms with Crippen molar-refractivity contribution < 1.29 is 32.9 Å². The molecule has 1 heterocycles. The molecule has 3 aromatic rings. The average Bonchev–Trinajstić information content (AvgIpc) is 3.15. The number of halogens is 3. The molecule has 6 nitrogen and oxygen atoms in total. The number of hydrogen-bond donors (Lipinski definition) is 2. The van der Waals surface area contributed by atoms with Crippen LogP contribution in [0.25, 0.3) is 11.1 Å². The molecule has 0 atom stereocenters. The van der Waals surface area contributed by atoms with Crippen LogP contribution in [-0.4, -0.2) is 46.9 Å². The molecule has 0 spiro atoms. The second-order valence-corrected chi connectivity index (χ2v) is 6.97. The number of aliphatic hydroxyl groups is 2. The van der Waals surface area contributed by atoms with Gasteiger partial charge in [-0.05, 0) is 23.8 Å². The first kappa shape index (κ1) is 20.5. The van der Waals surface area contributed by atoms with E-state index in [2.05, 4.69) is 20.9 Å². The third-order valence-corrected chi connectivity index (χ3v) is 4.70. The molecule has 9 heteroatoms. The fourth-order valence-electron chi connectivity index (χ4n) is 2.71. The minimum Gasteiger partial charge on any atom is -0.443 e. The maximum atomic E-state index is 15.0. The monoisotopic (exact) mass is 455 g/mol. The van der Waals surface area contributed by atoms with Crippen LogP contribution in [-0.2, 0) is 11.2 Å². The smallest absolute Gasteiger partial charge is 0.189 e. The highest BCUT2D eigenvalue weighted by molar-refractivity contribution is 9.10. The van der Waals surface area contributed by atoms with Crippen molar-refractivity contribution in [2.24, 2.45) is 0 Å². The molecule has 0 amide bonds. The van der Waals surface area contributed by atoms with Gasteiger partial charge in [0.25, 0.3) is 0 Å². The van der Waals surface area contributed by atoms with E-state index in [4.69, 9.17) is 19.4 Å². The molecule has 3 rings (SSSR count). The zero-order valence-corrected chi connectivity index (χ0v) is 16.1. The van der Waals surface area contributed by atoms with Crippen LogP contribution in [0.4, 0.5) is 8.78 Å². The van der Waals surface area contributed by atoms with Gasteiger partial charge >= 0.3 is 0 Å². The molecule has 1 aromatic heterocycles. The Bertz CT molecular complexity index is 1000. The third kappa shape index (κ3) is 4.27. The molecule has 2 N–H and O–H groups in total. The predicted octanol–water partition coefficient (Wildman–Crippen LogP) is 3.01. The third-order valence-electron chi connectivity index (χ3n) is 4.21. The lowest BCUT2D eigenvalue weighted by molar-refractivity contribution is -0.0132. The second-order valence-electron chi connectivity index (χ2n) is 6.05. The number of hydrogen-bond acceptors (Lipinski definition) is 6. The van der Waals surface area contributed by atoms with Gasteiger partial charge in [-0.15, -0.1) is 0 Å². The van der Waals surface area contributed by atoms with Crippen LogP contribution in [0.5, 0.6) is 0 Å². The summed E-state index contributed by atoms with van der Waals surface area (Å²) in [6.07, 6.45) is -0.0657. The van der Waals surface area contributed by atoms with Gasteiger partial charge in [-0.2, -0.15) is 0 Å². The molecule has 0 aliphatic carbocycles. The fraction of sp³-hybridized carbons (Fsp3) is 0.263. The van der Waals surface area contributed by atoms with Gasteiger partial charge in [0.2, 0.25) is 0 Å². The van der Waals surface area contributed by atoms with Crippen molar-refractivity contribution in [2.45, 2.75) is 12.5 Å². The molecule has 0 radical (unpaired) electrons. The van der Waals surface area contributed by atoms with E-state index in [1.165, 1.54) is 18.2 Å².